The number of aromatic nitrogens is 1. The molecule has 158 valence electrons. The van der Waals surface area contributed by atoms with E-state index in [0.717, 1.165) is 22.7 Å². The fraction of sp³-hybridized carbons (Fsp3) is 0.320. The summed E-state index contributed by atoms with van der Waals surface area (Å²) in [6.45, 7) is 7.68. The molecule has 3 aromatic rings. The van der Waals surface area contributed by atoms with E-state index >= 15 is 0 Å². The van der Waals surface area contributed by atoms with Crippen LogP contribution >= 0.6 is 11.6 Å². The SMILES string of the molecule is CC(C)(C)c1ccc(OCCn2c(CCC(=O)O)ccc2-c2ccc(Cl)cc2)cc1. The lowest BCUT2D eigenvalue weighted by Gasteiger charge is -2.19. The summed E-state index contributed by atoms with van der Waals surface area (Å²) in [5.41, 5.74) is 4.42. The Morgan fingerprint density at radius 1 is 1.00 bits per heavy atom. The predicted octanol–water partition coefficient (Wildman–Crippen LogP) is 6.20. The molecule has 0 aliphatic rings. The number of carboxylic acids is 1. The minimum Gasteiger partial charge on any atom is -0.492 e. The van der Waals surface area contributed by atoms with Crippen molar-refractivity contribution in [2.75, 3.05) is 6.61 Å². The highest BCUT2D eigenvalue weighted by molar-refractivity contribution is 6.30. The Labute approximate surface area is 183 Å². The maximum atomic E-state index is 11.0. The van der Waals surface area contributed by atoms with E-state index in [0.29, 0.717) is 24.6 Å². The van der Waals surface area contributed by atoms with Gasteiger partial charge in [-0.15, -0.1) is 0 Å². The molecule has 0 radical (unpaired) electrons. The second kappa shape index (κ2) is 9.40. The number of halogens is 1. The van der Waals surface area contributed by atoms with E-state index in [9.17, 15) is 4.79 Å². The number of aliphatic carboxylic acids is 1. The molecule has 0 amide bonds. The molecule has 0 aliphatic heterocycles. The summed E-state index contributed by atoms with van der Waals surface area (Å²) in [6, 6.07) is 19.9. The van der Waals surface area contributed by atoms with Crippen molar-refractivity contribution in [3.8, 4) is 17.0 Å². The van der Waals surface area contributed by atoms with Gasteiger partial charge in [0.2, 0.25) is 0 Å². The van der Waals surface area contributed by atoms with E-state index in [2.05, 4.69) is 37.5 Å². The number of ether oxygens (including phenoxy) is 1. The van der Waals surface area contributed by atoms with Crippen molar-refractivity contribution in [1.82, 2.24) is 4.57 Å². The smallest absolute Gasteiger partial charge is 0.303 e. The van der Waals surface area contributed by atoms with Gasteiger partial charge < -0.3 is 14.4 Å². The summed E-state index contributed by atoms with van der Waals surface area (Å²) in [7, 11) is 0. The highest BCUT2D eigenvalue weighted by atomic mass is 35.5. The van der Waals surface area contributed by atoms with E-state index in [1.165, 1.54) is 5.56 Å². The number of rotatable bonds is 8. The zero-order valence-corrected chi connectivity index (χ0v) is 18.4. The van der Waals surface area contributed by atoms with E-state index in [1.54, 1.807) is 0 Å². The molecule has 0 fully saturated rings. The molecule has 30 heavy (non-hydrogen) atoms. The second-order valence-corrected chi connectivity index (χ2v) is 8.82. The number of carboxylic acid groups (broad SMARTS) is 1. The molecule has 0 atom stereocenters. The molecule has 0 spiro atoms. The molecule has 2 aromatic carbocycles. The largest absolute Gasteiger partial charge is 0.492 e. The summed E-state index contributed by atoms with van der Waals surface area (Å²) >= 11 is 6.03. The number of hydrogen-bond acceptors (Lipinski definition) is 2. The van der Waals surface area contributed by atoms with Crippen molar-refractivity contribution in [2.45, 2.75) is 45.6 Å². The summed E-state index contributed by atoms with van der Waals surface area (Å²) in [4.78, 5) is 11.0. The molecular weight excluding hydrogens is 398 g/mol. The van der Waals surface area contributed by atoms with Crippen LogP contribution in [0, 0.1) is 0 Å². The average Bonchev–Trinajstić information content (AvgIpc) is 3.09. The fourth-order valence-electron chi connectivity index (χ4n) is 3.41. The number of hydrogen-bond donors (Lipinski definition) is 1. The molecule has 3 rings (SSSR count). The topological polar surface area (TPSA) is 51.5 Å². The van der Waals surface area contributed by atoms with Gasteiger partial charge in [-0.1, -0.05) is 56.6 Å². The summed E-state index contributed by atoms with van der Waals surface area (Å²) in [6.07, 6.45) is 0.572. The van der Waals surface area contributed by atoms with Gasteiger partial charge in [-0.25, -0.2) is 0 Å². The molecular formula is C25H28ClNO3. The van der Waals surface area contributed by atoms with E-state index in [-0.39, 0.29) is 11.8 Å². The third-order valence-corrected chi connectivity index (χ3v) is 5.36. The van der Waals surface area contributed by atoms with E-state index in [4.69, 9.17) is 21.4 Å². The van der Waals surface area contributed by atoms with Crippen molar-refractivity contribution < 1.29 is 14.6 Å². The Bertz CT molecular complexity index is 983. The van der Waals surface area contributed by atoms with Gasteiger partial charge in [0.15, 0.2) is 0 Å². The number of benzene rings is 2. The van der Waals surface area contributed by atoms with Crippen molar-refractivity contribution in [1.29, 1.82) is 0 Å². The first-order chi connectivity index (χ1) is 14.2. The lowest BCUT2D eigenvalue weighted by atomic mass is 9.87. The number of carbonyl (C=O) groups is 1. The molecule has 0 aliphatic carbocycles. The minimum absolute atomic E-state index is 0.0964. The van der Waals surface area contributed by atoms with Crippen LogP contribution in [-0.4, -0.2) is 22.2 Å². The zero-order valence-electron chi connectivity index (χ0n) is 17.7. The maximum absolute atomic E-state index is 11.0. The average molecular weight is 426 g/mol. The molecule has 4 nitrogen and oxygen atoms in total. The zero-order chi connectivity index (χ0) is 21.7. The number of aryl methyl sites for hydroxylation is 1. The lowest BCUT2D eigenvalue weighted by molar-refractivity contribution is -0.136. The highest BCUT2D eigenvalue weighted by Gasteiger charge is 2.14. The molecule has 1 aromatic heterocycles. The summed E-state index contributed by atoms with van der Waals surface area (Å²) in [5, 5.41) is 9.76. The van der Waals surface area contributed by atoms with Crippen LogP contribution in [-0.2, 0) is 23.2 Å². The lowest BCUT2D eigenvalue weighted by Crippen LogP contribution is -2.13. The molecule has 1 N–H and O–H groups in total. The minimum atomic E-state index is -0.800. The van der Waals surface area contributed by atoms with Crippen LogP contribution in [0.1, 0.15) is 38.4 Å². The van der Waals surface area contributed by atoms with Crippen LogP contribution in [0.15, 0.2) is 60.7 Å². The van der Waals surface area contributed by atoms with Gasteiger partial charge in [0, 0.05) is 16.4 Å². The van der Waals surface area contributed by atoms with Gasteiger partial charge in [0.1, 0.15) is 12.4 Å². The van der Waals surface area contributed by atoms with E-state index < -0.39 is 5.97 Å². The molecule has 0 unspecified atom stereocenters. The Morgan fingerprint density at radius 3 is 2.27 bits per heavy atom. The van der Waals surface area contributed by atoms with Crippen LogP contribution in [0.5, 0.6) is 5.75 Å². The predicted molar refractivity (Wildman–Crippen MR) is 121 cm³/mol. The quantitative estimate of drug-likeness (QED) is 0.467. The van der Waals surface area contributed by atoms with Crippen LogP contribution in [0.3, 0.4) is 0 Å². The summed E-state index contributed by atoms with van der Waals surface area (Å²) in [5.74, 6) is 0.0290. The van der Waals surface area contributed by atoms with Gasteiger partial charge in [-0.3, -0.25) is 4.79 Å². The standard InChI is InChI=1S/C25H28ClNO3/c1-25(2,3)19-6-12-22(13-7-19)30-17-16-27-21(11-15-24(28)29)10-14-23(27)18-4-8-20(26)9-5-18/h4-10,12-14H,11,15-17H2,1-3H3,(H,28,29). The Hall–Kier alpha value is -2.72. The first-order valence-corrected chi connectivity index (χ1v) is 10.5. The Kier molecular flexibility index (Phi) is 6.88. The van der Waals surface area contributed by atoms with Crippen molar-refractivity contribution in [3.05, 3.63) is 76.9 Å². The van der Waals surface area contributed by atoms with Crippen molar-refractivity contribution >= 4 is 17.6 Å². The van der Waals surface area contributed by atoms with Gasteiger partial charge in [-0.2, -0.15) is 0 Å². The first-order valence-electron chi connectivity index (χ1n) is 10.1. The van der Waals surface area contributed by atoms with Crippen LogP contribution in [0.2, 0.25) is 5.02 Å². The molecule has 0 bridgehead atoms. The second-order valence-electron chi connectivity index (χ2n) is 8.39. The first kappa shape index (κ1) is 22.0. The monoisotopic (exact) mass is 425 g/mol. The van der Waals surface area contributed by atoms with Gasteiger partial charge in [0.05, 0.1) is 13.0 Å². The van der Waals surface area contributed by atoms with Crippen molar-refractivity contribution in [2.24, 2.45) is 0 Å². The van der Waals surface area contributed by atoms with Gasteiger partial charge >= 0.3 is 5.97 Å². The number of nitrogens with zero attached hydrogens (tertiary/aromatic N) is 1. The molecule has 5 heteroatoms. The van der Waals surface area contributed by atoms with Crippen LogP contribution in [0.4, 0.5) is 0 Å². The fourth-order valence-corrected chi connectivity index (χ4v) is 3.53. The van der Waals surface area contributed by atoms with Crippen molar-refractivity contribution in [3.63, 3.8) is 0 Å². The molecule has 0 saturated heterocycles. The maximum Gasteiger partial charge on any atom is 0.303 e. The van der Waals surface area contributed by atoms with Crippen LogP contribution in [0.25, 0.3) is 11.3 Å². The third kappa shape index (κ3) is 5.67. The normalized spacial score (nSPS) is 11.5. The van der Waals surface area contributed by atoms with Crippen LogP contribution < -0.4 is 4.74 Å². The molecule has 0 saturated carbocycles. The van der Waals surface area contributed by atoms with E-state index in [1.807, 2.05) is 48.5 Å². The Morgan fingerprint density at radius 2 is 1.67 bits per heavy atom. The summed E-state index contributed by atoms with van der Waals surface area (Å²) < 4.78 is 8.11. The molecule has 1 heterocycles. The third-order valence-electron chi connectivity index (χ3n) is 5.11. The highest BCUT2D eigenvalue weighted by Crippen LogP contribution is 2.26. The van der Waals surface area contributed by atoms with Gasteiger partial charge in [-0.05, 0) is 59.4 Å². The van der Waals surface area contributed by atoms with Gasteiger partial charge in [0.25, 0.3) is 0 Å². The Balaban J connectivity index is 1.75.